The lowest BCUT2D eigenvalue weighted by atomic mass is 10.0. The highest BCUT2D eigenvalue weighted by atomic mass is 35.5. The van der Waals surface area contributed by atoms with Crippen LogP contribution in [0.3, 0.4) is 0 Å². The van der Waals surface area contributed by atoms with E-state index in [1.807, 2.05) is 35.2 Å². The van der Waals surface area contributed by atoms with E-state index in [-0.39, 0.29) is 23.8 Å². The number of likely N-dealkylation sites (tertiary alicyclic amines) is 2. The Morgan fingerprint density at radius 3 is 2.38 bits per heavy atom. The van der Waals surface area contributed by atoms with Crippen LogP contribution >= 0.6 is 11.6 Å². The van der Waals surface area contributed by atoms with Gasteiger partial charge in [0.15, 0.2) is 0 Å². The summed E-state index contributed by atoms with van der Waals surface area (Å²) in [5, 5.41) is 3.80. The molecule has 3 heterocycles. The van der Waals surface area contributed by atoms with Gasteiger partial charge in [0.2, 0.25) is 5.91 Å². The quantitative estimate of drug-likeness (QED) is 0.656. The number of fused-ring (bicyclic) bond motifs is 1. The minimum Gasteiger partial charge on any atom is -0.381 e. The normalized spacial score (nSPS) is 25.3. The molecule has 34 heavy (non-hydrogen) atoms. The van der Waals surface area contributed by atoms with Gasteiger partial charge in [0, 0.05) is 39.3 Å². The molecule has 180 valence electrons. The molecular formula is C27H32ClN3O3. The zero-order chi connectivity index (χ0) is 23.5. The Morgan fingerprint density at radius 2 is 1.71 bits per heavy atom. The zero-order valence-electron chi connectivity index (χ0n) is 19.4. The highest BCUT2D eigenvalue weighted by molar-refractivity contribution is 6.33. The molecule has 3 unspecified atom stereocenters. The third-order valence-corrected chi connectivity index (χ3v) is 7.84. The fraction of sp³-hybridized carbons (Fsp3) is 0.481. The van der Waals surface area contributed by atoms with Crippen LogP contribution in [-0.2, 0) is 9.53 Å². The monoisotopic (exact) mass is 481 g/mol. The number of rotatable bonds is 7. The minimum atomic E-state index is -0.0426. The van der Waals surface area contributed by atoms with Crippen LogP contribution in [0, 0.1) is 17.8 Å². The number of nitrogens with zero attached hydrogens (tertiary/aromatic N) is 2. The molecule has 0 aromatic heterocycles. The Kier molecular flexibility index (Phi) is 7.18. The van der Waals surface area contributed by atoms with Gasteiger partial charge in [-0.2, -0.15) is 0 Å². The maximum Gasteiger partial charge on any atom is 0.255 e. The predicted molar refractivity (Wildman–Crippen MR) is 132 cm³/mol. The summed E-state index contributed by atoms with van der Waals surface area (Å²) in [5.74, 6) is 1.07. The maximum atomic E-state index is 12.9. The summed E-state index contributed by atoms with van der Waals surface area (Å²) in [6, 6.07) is 17.5. The van der Waals surface area contributed by atoms with Crippen molar-refractivity contribution in [1.82, 2.24) is 15.1 Å². The van der Waals surface area contributed by atoms with Gasteiger partial charge in [0.1, 0.15) is 0 Å². The van der Waals surface area contributed by atoms with Gasteiger partial charge >= 0.3 is 0 Å². The van der Waals surface area contributed by atoms with Crippen LogP contribution in [0.1, 0.15) is 34.8 Å². The average molecular weight is 482 g/mol. The Labute approximate surface area is 206 Å². The van der Waals surface area contributed by atoms with Crippen LogP contribution in [0.4, 0.5) is 0 Å². The van der Waals surface area contributed by atoms with E-state index in [1.165, 1.54) is 0 Å². The van der Waals surface area contributed by atoms with Crippen molar-refractivity contribution >= 4 is 23.4 Å². The molecule has 3 saturated heterocycles. The van der Waals surface area contributed by atoms with E-state index in [4.69, 9.17) is 16.3 Å². The highest BCUT2D eigenvalue weighted by Gasteiger charge is 2.42. The van der Waals surface area contributed by atoms with Crippen LogP contribution in [-0.4, -0.2) is 67.6 Å². The molecular weight excluding hydrogens is 450 g/mol. The number of hydrogen-bond acceptors (Lipinski definition) is 4. The fourth-order valence-electron chi connectivity index (χ4n) is 5.59. The number of carbonyl (C=O) groups excluding carboxylic acids is 2. The number of ether oxygens (including phenoxy) is 1. The van der Waals surface area contributed by atoms with E-state index in [9.17, 15) is 9.59 Å². The number of benzene rings is 2. The van der Waals surface area contributed by atoms with Crippen LogP contribution in [0.25, 0.3) is 0 Å². The number of carbonyl (C=O) groups is 2. The van der Waals surface area contributed by atoms with Crippen LogP contribution in [0.5, 0.6) is 0 Å². The lowest BCUT2D eigenvalue weighted by Gasteiger charge is -2.25. The molecule has 1 N–H and O–H groups in total. The van der Waals surface area contributed by atoms with Gasteiger partial charge in [-0.05, 0) is 42.4 Å². The van der Waals surface area contributed by atoms with Crippen LogP contribution in [0.2, 0.25) is 5.02 Å². The van der Waals surface area contributed by atoms with Gasteiger partial charge in [0.25, 0.3) is 5.91 Å². The molecule has 3 aliphatic heterocycles. The van der Waals surface area contributed by atoms with Crippen LogP contribution in [0.15, 0.2) is 54.6 Å². The number of halogens is 1. The van der Waals surface area contributed by atoms with Crippen molar-refractivity contribution in [1.29, 1.82) is 0 Å². The fourth-order valence-corrected chi connectivity index (χ4v) is 5.81. The lowest BCUT2D eigenvalue weighted by molar-refractivity contribution is -0.125. The summed E-state index contributed by atoms with van der Waals surface area (Å²) < 4.78 is 5.40. The molecule has 2 amide bonds. The van der Waals surface area contributed by atoms with E-state index in [0.29, 0.717) is 35.6 Å². The Bertz CT molecular complexity index is 997. The first-order valence-electron chi connectivity index (χ1n) is 12.3. The predicted octanol–water partition coefficient (Wildman–Crippen LogP) is 3.63. The van der Waals surface area contributed by atoms with Crippen molar-refractivity contribution in [3.05, 3.63) is 70.7 Å². The van der Waals surface area contributed by atoms with Crippen molar-refractivity contribution in [2.24, 2.45) is 17.8 Å². The zero-order valence-corrected chi connectivity index (χ0v) is 20.1. The van der Waals surface area contributed by atoms with Crippen molar-refractivity contribution in [2.45, 2.75) is 18.9 Å². The molecule has 7 heteroatoms. The molecule has 2 aromatic rings. The van der Waals surface area contributed by atoms with E-state index >= 15 is 0 Å². The first kappa shape index (κ1) is 23.3. The third kappa shape index (κ3) is 5.14. The van der Waals surface area contributed by atoms with Gasteiger partial charge in [0.05, 0.1) is 29.2 Å². The second-order valence-electron chi connectivity index (χ2n) is 9.79. The molecule has 3 fully saturated rings. The Hall–Kier alpha value is -2.41. The summed E-state index contributed by atoms with van der Waals surface area (Å²) >= 11 is 6.25. The number of amides is 2. The molecule has 2 aromatic carbocycles. The number of hydrogen-bond donors (Lipinski definition) is 1. The molecule has 6 nitrogen and oxygen atoms in total. The lowest BCUT2D eigenvalue weighted by Crippen LogP contribution is -2.37. The second-order valence-corrected chi connectivity index (χ2v) is 10.2. The Morgan fingerprint density at radius 1 is 1.00 bits per heavy atom. The molecule has 3 aliphatic rings. The summed E-state index contributed by atoms with van der Waals surface area (Å²) in [6.07, 6.45) is 1.66. The first-order chi connectivity index (χ1) is 16.6. The topological polar surface area (TPSA) is 61.9 Å². The maximum absolute atomic E-state index is 12.9. The molecule has 0 radical (unpaired) electrons. The van der Waals surface area contributed by atoms with Gasteiger partial charge in [-0.1, -0.05) is 54.1 Å². The Balaban J connectivity index is 1.16. The van der Waals surface area contributed by atoms with Crippen molar-refractivity contribution in [3.63, 3.8) is 0 Å². The van der Waals surface area contributed by atoms with Gasteiger partial charge in [-0.25, -0.2) is 0 Å². The highest BCUT2D eigenvalue weighted by Crippen LogP contribution is 2.33. The van der Waals surface area contributed by atoms with E-state index in [0.717, 1.165) is 51.1 Å². The third-order valence-electron chi connectivity index (χ3n) is 7.51. The first-order valence-corrected chi connectivity index (χ1v) is 12.7. The summed E-state index contributed by atoms with van der Waals surface area (Å²) in [6.45, 7) is 5.66. The molecule has 0 saturated carbocycles. The van der Waals surface area contributed by atoms with Crippen molar-refractivity contribution in [3.8, 4) is 0 Å². The molecule has 5 rings (SSSR count). The van der Waals surface area contributed by atoms with Crippen molar-refractivity contribution < 1.29 is 14.3 Å². The SMILES string of the molecule is O=C(N[C@@H](CCN1CC2CN(C(=O)c3ccccc3Cl)CC2C1)c1ccccc1)C1CCOC1. The van der Waals surface area contributed by atoms with E-state index < -0.39 is 0 Å². The standard InChI is InChI=1S/C27H32ClN3O3/c28-24-9-5-4-8-23(24)27(33)31-16-21-14-30(15-22(21)17-31)12-10-25(19-6-2-1-3-7-19)29-26(32)20-11-13-34-18-20/h1-9,20-22,25H,10-18H2,(H,29,32)/t20?,21?,22?,25-/m0/s1. The van der Waals surface area contributed by atoms with Crippen LogP contribution < -0.4 is 5.32 Å². The largest absolute Gasteiger partial charge is 0.381 e. The van der Waals surface area contributed by atoms with Gasteiger partial charge < -0.3 is 19.9 Å². The smallest absolute Gasteiger partial charge is 0.255 e. The molecule has 0 spiro atoms. The second kappa shape index (κ2) is 10.5. The minimum absolute atomic E-state index is 0.00645. The molecule has 4 atom stereocenters. The molecule has 0 bridgehead atoms. The summed E-state index contributed by atoms with van der Waals surface area (Å²) in [7, 11) is 0. The number of nitrogens with one attached hydrogen (secondary N) is 1. The van der Waals surface area contributed by atoms with Gasteiger partial charge in [-0.15, -0.1) is 0 Å². The summed E-state index contributed by atoms with van der Waals surface area (Å²) in [5.41, 5.74) is 1.74. The summed E-state index contributed by atoms with van der Waals surface area (Å²) in [4.78, 5) is 30.2. The van der Waals surface area contributed by atoms with Crippen molar-refractivity contribution in [2.75, 3.05) is 45.9 Å². The van der Waals surface area contributed by atoms with E-state index in [1.54, 1.807) is 12.1 Å². The van der Waals surface area contributed by atoms with Gasteiger partial charge in [-0.3, -0.25) is 9.59 Å². The average Bonchev–Trinajstić information content (AvgIpc) is 3.59. The molecule has 0 aliphatic carbocycles. The van der Waals surface area contributed by atoms with E-state index in [2.05, 4.69) is 22.3 Å².